The van der Waals surface area contributed by atoms with E-state index in [2.05, 4.69) is 48.2 Å². The monoisotopic (exact) mass is 558 g/mol. The smallest absolute Gasteiger partial charge is 0.411 e. The maximum Gasteiger partial charge on any atom is 0.411 e. The molecule has 1 N–H and O–H groups in total. The average molecular weight is 559 g/mol. The summed E-state index contributed by atoms with van der Waals surface area (Å²) in [6, 6.07) is 8.06. The van der Waals surface area contributed by atoms with Crippen LogP contribution in [0, 0.1) is 5.41 Å². The molecule has 1 aromatic carbocycles. The summed E-state index contributed by atoms with van der Waals surface area (Å²) in [5, 5.41) is 8.02. The highest BCUT2D eigenvalue weighted by atomic mass is 16.6. The molecule has 3 aliphatic rings. The Hall–Kier alpha value is -3.49. The minimum atomic E-state index is -0.549. The van der Waals surface area contributed by atoms with Gasteiger partial charge < -0.3 is 10.1 Å². The second-order valence-electron chi connectivity index (χ2n) is 14.2. The Morgan fingerprint density at radius 1 is 1.00 bits per heavy atom. The van der Waals surface area contributed by atoms with Crippen molar-refractivity contribution in [1.82, 2.24) is 30.0 Å². The molecule has 218 valence electrons. The molecule has 1 aliphatic carbocycles. The normalized spacial score (nSPS) is 27.6. The van der Waals surface area contributed by atoms with Gasteiger partial charge in [0.25, 0.3) is 5.91 Å². The van der Waals surface area contributed by atoms with Crippen molar-refractivity contribution in [2.24, 2.45) is 12.5 Å². The van der Waals surface area contributed by atoms with Crippen LogP contribution in [0.1, 0.15) is 107 Å². The van der Waals surface area contributed by atoms with Gasteiger partial charge in [-0.1, -0.05) is 32.9 Å². The van der Waals surface area contributed by atoms with Gasteiger partial charge in [-0.25, -0.2) is 19.4 Å². The molecule has 2 saturated heterocycles. The largest absolute Gasteiger partial charge is 0.444 e. The van der Waals surface area contributed by atoms with E-state index < -0.39 is 5.60 Å². The number of aromatic nitrogens is 4. The van der Waals surface area contributed by atoms with Crippen molar-refractivity contribution >= 4 is 23.2 Å². The Kier molecular flexibility index (Phi) is 6.43. The van der Waals surface area contributed by atoms with Crippen LogP contribution in [-0.2, 0) is 11.8 Å². The standard InChI is InChI=1S/C32H42N6O3/c1-30(2,3)32-13-12-22(38(32)29(40)41-31(4,5)6)16-21(18-32)35-28(39)20-10-8-19(9-11-20)23-17-24(23)25-26-27(37(7)36-25)34-15-14-33-26/h8-11,14-15,21-24H,12-13,16-18H2,1-7H3,(H,35,39)/t21-,22-,23?,24?,32+/m0/s1. The molecule has 0 radical (unpaired) electrons. The van der Waals surface area contributed by atoms with Crippen molar-refractivity contribution in [2.45, 2.75) is 109 Å². The Morgan fingerprint density at radius 2 is 1.71 bits per heavy atom. The highest BCUT2D eigenvalue weighted by Gasteiger charge is 2.60. The lowest BCUT2D eigenvalue weighted by Gasteiger charge is -2.54. The molecule has 2 amide bonds. The van der Waals surface area contributed by atoms with E-state index in [4.69, 9.17) is 9.84 Å². The first-order valence-corrected chi connectivity index (χ1v) is 14.8. The number of hydrogen-bond donors (Lipinski definition) is 1. The number of aryl methyl sites for hydroxylation is 1. The van der Waals surface area contributed by atoms with Crippen LogP contribution >= 0.6 is 0 Å². The predicted octanol–water partition coefficient (Wildman–Crippen LogP) is 5.71. The SMILES string of the molecule is Cn1nc(C2CC2c2ccc(C(=O)N[C@H]3C[C@@H]4CC[C@](C(C)(C)C)(C3)N4C(=O)OC(C)(C)C)cc2)c2nccnc21. The van der Waals surface area contributed by atoms with Gasteiger partial charge in [-0.05, 0) is 81.9 Å². The number of carbonyl (C=O) groups excluding carboxylic acids is 2. The van der Waals surface area contributed by atoms with Crippen LogP contribution in [0.15, 0.2) is 36.7 Å². The van der Waals surface area contributed by atoms with Crippen LogP contribution in [0.2, 0.25) is 0 Å². The second-order valence-corrected chi connectivity index (χ2v) is 14.2. The van der Waals surface area contributed by atoms with Gasteiger partial charge in [-0.3, -0.25) is 9.69 Å². The van der Waals surface area contributed by atoms with Gasteiger partial charge in [0.2, 0.25) is 0 Å². The van der Waals surface area contributed by atoms with E-state index >= 15 is 0 Å². The molecule has 2 unspecified atom stereocenters. The number of ether oxygens (including phenoxy) is 1. The lowest BCUT2D eigenvalue weighted by molar-refractivity contribution is -0.0549. The number of hydrogen-bond acceptors (Lipinski definition) is 6. The maximum absolute atomic E-state index is 13.4. The molecule has 4 heterocycles. The summed E-state index contributed by atoms with van der Waals surface area (Å²) in [6.45, 7) is 12.3. The number of benzene rings is 1. The Morgan fingerprint density at radius 3 is 2.39 bits per heavy atom. The highest BCUT2D eigenvalue weighted by molar-refractivity contribution is 5.94. The molecule has 1 saturated carbocycles. The molecule has 3 aromatic rings. The summed E-state index contributed by atoms with van der Waals surface area (Å²) >= 11 is 0. The Balaban J connectivity index is 1.13. The fraction of sp³-hybridized carbons (Fsp3) is 0.594. The van der Waals surface area contributed by atoms with E-state index in [-0.39, 0.29) is 35.0 Å². The zero-order valence-electron chi connectivity index (χ0n) is 25.3. The van der Waals surface area contributed by atoms with Gasteiger partial charge in [0, 0.05) is 43.0 Å². The number of fused-ring (bicyclic) bond motifs is 3. The first kappa shape index (κ1) is 27.7. The summed E-state index contributed by atoms with van der Waals surface area (Å²) in [4.78, 5) is 37.7. The zero-order chi connectivity index (χ0) is 29.3. The topological polar surface area (TPSA) is 102 Å². The quantitative estimate of drug-likeness (QED) is 0.440. The van der Waals surface area contributed by atoms with E-state index in [0.29, 0.717) is 17.4 Å². The fourth-order valence-corrected chi connectivity index (χ4v) is 7.31. The molecule has 3 fully saturated rings. The van der Waals surface area contributed by atoms with Crippen LogP contribution in [0.25, 0.3) is 11.2 Å². The van der Waals surface area contributed by atoms with Gasteiger partial charge in [-0.2, -0.15) is 5.10 Å². The molecule has 2 bridgehead atoms. The lowest BCUT2D eigenvalue weighted by Crippen LogP contribution is -2.64. The molecule has 2 aromatic heterocycles. The van der Waals surface area contributed by atoms with E-state index in [0.717, 1.165) is 49.0 Å². The summed E-state index contributed by atoms with van der Waals surface area (Å²) in [5.74, 6) is 0.620. The van der Waals surface area contributed by atoms with Crippen molar-refractivity contribution in [3.8, 4) is 0 Å². The number of nitrogens with zero attached hydrogens (tertiary/aromatic N) is 5. The van der Waals surface area contributed by atoms with E-state index in [1.54, 1.807) is 17.1 Å². The average Bonchev–Trinajstić information content (AvgIpc) is 3.55. The van der Waals surface area contributed by atoms with Crippen LogP contribution < -0.4 is 5.32 Å². The number of nitrogens with one attached hydrogen (secondary N) is 1. The number of rotatable bonds is 4. The third-order valence-electron chi connectivity index (χ3n) is 9.41. The van der Waals surface area contributed by atoms with Crippen molar-refractivity contribution < 1.29 is 14.3 Å². The maximum atomic E-state index is 13.4. The van der Waals surface area contributed by atoms with Crippen molar-refractivity contribution in [2.75, 3.05) is 0 Å². The van der Waals surface area contributed by atoms with E-state index in [9.17, 15) is 9.59 Å². The van der Waals surface area contributed by atoms with E-state index in [1.165, 1.54) is 5.56 Å². The molecule has 41 heavy (non-hydrogen) atoms. The molecular formula is C32H42N6O3. The van der Waals surface area contributed by atoms with Gasteiger partial charge >= 0.3 is 6.09 Å². The molecular weight excluding hydrogens is 516 g/mol. The molecule has 9 nitrogen and oxygen atoms in total. The first-order valence-electron chi connectivity index (χ1n) is 14.8. The van der Waals surface area contributed by atoms with E-state index in [1.807, 2.05) is 44.9 Å². The van der Waals surface area contributed by atoms with Gasteiger partial charge in [0.15, 0.2) is 5.65 Å². The van der Waals surface area contributed by atoms with Crippen LogP contribution in [0.5, 0.6) is 0 Å². The third-order valence-corrected chi connectivity index (χ3v) is 9.41. The van der Waals surface area contributed by atoms with Gasteiger partial charge in [0.05, 0.1) is 11.2 Å². The van der Waals surface area contributed by atoms with Gasteiger partial charge in [-0.15, -0.1) is 0 Å². The summed E-state index contributed by atoms with van der Waals surface area (Å²) in [5.41, 5.74) is 3.49. The van der Waals surface area contributed by atoms with Crippen molar-refractivity contribution in [3.05, 3.63) is 53.5 Å². The predicted molar refractivity (Wildman–Crippen MR) is 157 cm³/mol. The van der Waals surface area contributed by atoms with Crippen LogP contribution in [0.4, 0.5) is 4.79 Å². The number of carbonyl (C=O) groups is 2. The first-order chi connectivity index (χ1) is 19.3. The summed E-state index contributed by atoms with van der Waals surface area (Å²) in [7, 11) is 1.90. The second kappa shape index (κ2) is 9.53. The summed E-state index contributed by atoms with van der Waals surface area (Å²) in [6.07, 6.45) is 7.50. The minimum Gasteiger partial charge on any atom is -0.444 e. The van der Waals surface area contributed by atoms with Gasteiger partial charge in [0.1, 0.15) is 11.1 Å². The lowest BCUT2D eigenvalue weighted by atomic mass is 9.67. The molecule has 6 rings (SSSR count). The summed E-state index contributed by atoms with van der Waals surface area (Å²) < 4.78 is 7.65. The zero-order valence-corrected chi connectivity index (χ0v) is 25.3. The number of amides is 2. The Labute approximate surface area is 242 Å². The Bertz CT molecular complexity index is 1480. The molecule has 5 atom stereocenters. The third kappa shape index (κ3) is 4.87. The number of piperidine rings is 1. The minimum absolute atomic E-state index is 0.000976. The highest BCUT2D eigenvalue weighted by Crippen LogP contribution is 2.55. The fourth-order valence-electron chi connectivity index (χ4n) is 7.31. The van der Waals surface area contributed by atoms with Crippen LogP contribution in [0.3, 0.4) is 0 Å². The molecule has 2 aliphatic heterocycles. The molecule has 0 spiro atoms. The van der Waals surface area contributed by atoms with Crippen molar-refractivity contribution in [3.63, 3.8) is 0 Å². The van der Waals surface area contributed by atoms with Crippen LogP contribution in [-0.4, -0.2) is 59.9 Å². The van der Waals surface area contributed by atoms with Crippen molar-refractivity contribution in [1.29, 1.82) is 0 Å². The molecule has 9 heteroatoms.